The maximum absolute atomic E-state index is 12.8. The highest BCUT2D eigenvalue weighted by molar-refractivity contribution is 6.01. The average Bonchev–Trinajstić information content (AvgIpc) is 3.72. The third-order valence-corrected chi connectivity index (χ3v) is 11.6. The van der Waals surface area contributed by atoms with E-state index in [0.717, 1.165) is 72.8 Å². The van der Waals surface area contributed by atoms with Crippen LogP contribution < -0.4 is 26.2 Å². The number of carbonyl (C=O) groups excluding carboxylic acids is 3. The molecule has 306 valence electrons. The van der Waals surface area contributed by atoms with Crippen molar-refractivity contribution < 1.29 is 18.9 Å². The molecule has 15 nitrogen and oxygen atoms in total. The van der Waals surface area contributed by atoms with Crippen LogP contribution in [0.25, 0.3) is 11.3 Å². The fourth-order valence-corrected chi connectivity index (χ4v) is 8.03. The Balaban J connectivity index is 0.795. The van der Waals surface area contributed by atoms with E-state index in [1.165, 1.54) is 11.9 Å². The highest BCUT2D eigenvalue weighted by Crippen LogP contribution is 2.40. The number of aryl methyl sites for hydroxylation is 1. The number of nitrogens with one attached hydrogen (secondary N) is 4. The van der Waals surface area contributed by atoms with E-state index in [-0.39, 0.29) is 35.2 Å². The van der Waals surface area contributed by atoms with Crippen LogP contribution in [0.4, 0.5) is 23.0 Å². The molecule has 8 rings (SSSR count). The lowest BCUT2D eigenvalue weighted by molar-refractivity contribution is -0.133. The standard InChI is InChI=1S/C44H51N11O4/c1-26-20-29(8-12-34(26)27(2)48-41(58)42-52-43(53-59-42)44(3,4)5)36-23-38(47-25-46-36)50-37-14-11-32(24-45-37)54-16-18-55(19-17-54)33-21-30(22-33)28-6-9-31(10-7-28)49-35-13-15-39(56)51-40(35)57/h6-12,14,20,23-25,27,30,33,35,49H,13,15-19,21-22H2,1-5H3,(H,48,58)(H,51,56,57)(H,45,46,47,50)/t27-,30-,33-,35+/m1/s1. The Morgan fingerprint density at radius 2 is 1.71 bits per heavy atom. The second-order valence-corrected chi connectivity index (χ2v) is 16.9. The highest BCUT2D eigenvalue weighted by atomic mass is 16.5. The molecule has 5 aromatic rings. The molecule has 3 aliphatic rings. The SMILES string of the molecule is Cc1cc(-c2cc(Nc3ccc(N4CCN([C@H]5C[C@H](c6ccc(N[C@H]7CCC(=O)NC7=O)cc6)C5)CC4)cn3)ncn2)ccc1[C@@H](C)NC(=O)c1nc(C(C)(C)C)no1. The first kappa shape index (κ1) is 39.6. The number of piperazine rings is 1. The zero-order valence-electron chi connectivity index (χ0n) is 34.2. The number of carbonyl (C=O) groups is 3. The fraction of sp³-hybridized carbons (Fsp3) is 0.409. The summed E-state index contributed by atoms with van der Waals surface area (Å²) in [6, 6.07) is 20.4. The molecule has 3 amide bonds. The molecule has 1 aliphatic carbocycles. The van der Waals surface area contributed by atoms with Crippen molar-refractivity contribution in [1.82, 2.24) is 40.6 Å². The van der Waals surface area contributed by atoms with Crippen LogP contribution in [-0.4, -0.2) is 86.0 Å². The quantitative estimate of drug-likeness (QED) is 0.114. The van der Waals surface area contributed by atoms with Crippen LogP contribution in [-0.2, 0) is 15.0 Å². The normalized spacial score (nSPS) is 20.4. The van der Waals surface area contributed by atoms with Crippen LogP contribution in [0.15, 0.2) is 77.7 Å². The van der Waals surface area contributed by atoms with Gasteiger partial charge < -0.3 is 25.4 Å². The Morgan fingerprint density at radius 1 is 0.932 bits per heavy atom. The predicted molar refractivity (Wildman–Crippen MR) is 224 cm³/mol. The molecule has 59 heavy (non-hydrogen) atoms. The minimum Gasteiger partial charge on any atom is -0.374 e. The maximum Gasteiger partial charge on any atom is 0.315 e. The molecular formula is C44H51N11O4. The molecule has 2 aliphatic heterocycles. The smallest absolute Gasteiger partial charge is 0.315 e. The lowest BCUT2D eigenvalue weighted by Crippen LogP contribution is -2.53. The zero-order valence-corrected chi connectivity index (χ0v) is 34.2. The number of benzene rings is 2. The Hall–Kier alpha value is -6.22. The van der Waals surface area contributed by atoms with Crippen LogP contribution in [0.1, 0.15) is 98.5 Å². The lowest BCUT2D eigenvalue weighted by Gasteiger charge is -2.47. The number of hydrogen-bond donors (Lipinski definition) is 4. The van der Waals surface area contributed by atoms with Gasteiger partial charge in [-0.05, 0) is 86.1 Å². The van der Waals surface area contributed by atoms with Gasteiger partial charge in [0.25, 0.3) is 0 Å². The van der Waals surface area contributed by atoms with E-state index in [9.17, 15) is 14.4 Å². The highest BCUT2D eigenvalue weighted by Gasteiger charge is 2.36. The molecule has 3 fully saturated rings. The van der Waals surface area contributed by atoms with E-state index in [2.05, 4.69) is 75.4 Å². The summed E-state index contributed by atoms with van der Waals surface area (Å²) < 4.78 is 5.22. The van der Waals surface area contributed by atoms with Crippen molar-refractivity contribution in [2.45, 2.75) is 89.8 Å². The van der Waals surface area contributed by atoms with Crippen molar-refractivity contribution >= 4 is 40.7 Å². The van der Waals surface area contributed by atoms with E-state index >= 15 is 0 Å². The molecule has 2 aromatic carbocycles. The van der Waals surface area contributed by atoms with Crippen molar-refractivity contribution in [2.75, 3.05) is 41.7 Å². The summed E-state index contributed by atoms with van der Waals surface area (Å²) in [5.74, 6) is 1.44. The number of pyridine rings is 1. The molecule has 3 aromatic heterocycles. The summed E-state index contributed by atoms with van der Waals surface area (Å²) in [5.41, 5.74) is 6.68. The van der Waals surface area contributed by atoms with Crippen molar-refractivity contribution in [3.8, 4) is 11.3 Å². The van der Waals surface area contributed by atoms with Gasteiger partial charge in [-0.2, -0.15) is 4.98 Å². The Labute approximate surface area is 343 Å². The number of rotatable bonds is 11. The molecule has 15 heteroatoms. The van der Waals surface area contributed by atoms with Crippen molar-refractivity contribution in [2.24, 2.45) is 0 Å². The topological polar surface area (TPSA) is 183 Å². The van der Waals surface area contributed by atoms with E-state index in [1.54, 1.807) is 0 Å². The van der Waals surface area contributed by atoms with E-state index in [1.807, 2.05) is 77.2 Å². The molecule has 4 N–H and O–H groups in total. The summed E-state index contributed by atoms with van der Waals surface area (Å²) in [4.78, 5) is 59.4. The first-order chi connectivity index (χ1) is 28.4. The van der Waals surface area contributed by atoms with E-state index in [4.69, 9.17) is 9.51 Å². The van der Waals surface area contributed by atoms with Crippen LogP contribution in [0.2, 0.25) is 0 Å². The fourth-order valence-electron chi connectivity index (χ4n) is 8.03. The molecule has 0 bridgehead atoms. The summed E-state index contributed by atoms with van der Waals surface area (Å²) in [6.07, 6.45) is 6.64. The number of anilines is 4. The zero-order chi connectivity index (χ0) is 41.3. The van der Waals surface area contributed by atoms with Gasteiger partial charge in [0.05, 0.1) is 23.6 Å². The Morgan fingerprint density at radius 3 is 2.39 bits per heavy atom. The average molecular weight is 798 g/mol. The number of nitrogens with zero attached hydrogens (tertiary/aromatic N) is 7. The largest absolute Gasteiger partial charge is 0.374 e. The van der Waals surface area contributed by atoms with E-state index < -0.39 is 5.91 Å². The molecule has 0 radical (unpaired) electrons. The molecule has 2 atom stereocenters. The number of hydrogen-bond acceptors (Lipinski definition) is 13. The van der Waals surface area contributed by atoms with Gasteiger partial charge in [-0.15, -0.1) is 0 Å². The summed E-state index contributed by atoms with van der Waals surface area (Å²) in [5, 5.41) is 15.9. The van der Waals surface area contributed by atoms with Gasteiger partial charge in [0.2, 0.25) is 11.8 Å². The molecule has 0 unspecified atom stereocenters. The second-order valence-electron chi connectivity index (χ2n) is 16.9. The van der Waals surface area contributed by atoms with Crippen molar-refractivity contribution in [3.05, 3.63) is 102 Å². The first-order valence-electron chi connectivity index (χ1n) is 20.4. The Bertz CT molecular complexity index is 2310. The predicted octanol–water partition coefficient (Wildman–Crippen LogP) is 6.05. The summed E-state index contributed by atoms with van der Waals surface area (Å²) in [7, 11) is 0. The Kier molecular flexibility index (Phi) is 11.1. The number of imide groups is 1. The monoisotopic (exact) mass is 797 g/mol. The molecule has 0 spiro atoms. The van der Waals surface area contributed by atoms with Gasteiger partial charge in [0, 0.05) is 61.4 Å². The van der Waals surface area contributed by atoms with Crippen LogP contribution in [0.3, 0.4) is 0 Å². The first-order valence-corrected chi connectivity index (χ1v) is 20.4. The minimum atomic E-state index is -0.414. The maximum atomic E-state index is 12.8. The number of piperidine rings is 1. The molecule has 2 saturated heterocycles. The number of amides is 3. The van der Waals surface area contributed by atoms with Gasteiger partial charge >= 0.3 is 11.8 Å². The third-order valence-electron chi connectivity index (χ3n) is 11.6. The van der Waals surface area contributed by atoms with Crippen LogP contribution in [0.5, 0.6) is 0 Å². The van der Waals surface area contributed by atoms with Gasteiger partial charge in [-0.25, -0.2) is 15.0 Å². The molecule has 5 heterocycles. The van der Waals surface area contributed by atoms with Crippen LogP contribution >= 0.6 is 0 Å². The van der Waals surface area contributed by atoms with Gasteiger partial charge in [0.1, 0.15) is 24.0 Å². The van der Waals surface area contributed by atoms with Crippen molar-refractivity contribution in [3.63, 3.8) is 0 Å². The summed E-state index contributed by atoms with van der Waals surface area (Å²) in [6.45, 7) is 13.8. The van der Waals surface area contributed by atoms with Crippen molar-refractivity contribution in [1.29, 1.82) is 0 Å². The lowest BCUT2D eigenvalue weighted by atomic mass is 9.75. The van der Waals surface area contributed by atoms with Gasteiger partial charge in [-0.1, -0.05) is 50.2 Å². The van der Waals surface area contributed by atoms with E-state index in [0.29, 0.717) is 42.3 Å². The molecular weight excluding hydrogens is 747 g/mol. The van der Waals surface area contributed by atoms with Gasteiger partial charge in [0.15, 0.2) is 5.82 Å². The second kappa shape index (κ2) is 16.6. The number of aromatic nitrogens is 5. The van der Waals surface area contributed by atoms with Crippen LogP contribution in [0, 0.1) is 6.92 Å². The summed E-state index contributed by atoms with van der Waals surface area (Å²) >= 11 is 0. The molecule has 1 saturated carbocycles. The third kappa shape index (κ3) is 9.09. The minimum absolute atomic E-state index is 0.0520. The van der Waals surface area contributed by atoms with Gasteiger partial charge in [-0.3, -0.25) is 24.6 Å².